The fraction of sp³-hybridized carbons (Fsp3) is 0.364. The Morgan fingerprint density at radius 2 is 1.62 bits per heavy atom. The molecular formula is C22H16Cl5F2NO2. The number of Topliss-reactive ketones (excluding diaryl/α,β-unsaturated/α-hetero) is 1. The summed E-state index contributed by atoms with van der Waals surface area (Å²) in [6.45, 7) is 0. The molecule has 32 heavy (non-hydrogen) atoms. The van der Waals surface area contributed by atoms with E-state index in [1.165, 1.54) is 18.2 Å². The van der Waals surface area contributed by atoms with Crippen LogP contribution in [-0.2, 0) is 4.79 Å². The second kappa shape index (κ2) is 8.59. The molecule has 0 spiro atoms. The summed E-state index contributed by atoms with van der Waals surface area (Å²) in [6.07, 6.45) is -0.646. The molecule has 1 amide bonds. The Labute approximate surface area is 208 Å². The number of hydrogen-bond acceptors (Lipinski definition) is 2. The highest BCUT2D eigenvalue weighted by molar-refractivity contribution is 6.53. The maximum atomic E-state index is 13.0. The van der Waals surface area contributed by atoms with Gasteiger partial charge in [0.1, 0.15) is 4.33 Å². The van der Waals surface area contributed by atoms with Gasteiger partial charge in [-0.25, -0.2) is 8.78 Å². The number of carbonyl (C=O) groups is 2. The molecule has 3 nitrogen and oxygen atoms in total. The lowest BCUT2D eigenvalue weighted by Gasteiger charge is -2.34. The minimum atomic E-state index is -2.70. The van der Waals surface area contributed by atoms with Crippen LogP contribution in [0.5, 0.6) is 0 Å². The molecular weight excluding hydrogens is 526 g/mol. The first kappa shape index (κ1) is 24.0. The van der Waals surface area contributed by atoms with Crippen molar-refractivity contribution in [3.8, 4) is 0 Å². The first-order valence-corrected chi connectivity index (χ1v) is 11.6. The van der Waals surface area contributed by atoms with E-state index in [9.17, 15) is 18.4 Å². The third-order valence-corrected chi connectivity index (χ3v) is 7.47. The lowest BCUT2D eigenvalue weighted by molar-refractivity contribution is -0.117. The van der Waals surface area contributed by atoms with Crippen molar-refractivity contribution in [2.75, 3.05) is 5.32 Å². The quantitative estimate of drug-likeness (QED) is 0.300. The SMILES string of the molecule is O=C(CC1CC(F)(F)C1)c1cc(NC(=O)[C@@H]2[C@@H](c3cc(Cl)cc(Cl)c3)C2(Cl)Cl)ccc1Cl. The summed E-state index contributed by atoms with van der Waals surface area (Å²) in [5.41, 5.74) is 1.12. The number of benzene rings is 2. The van der Waals surface area contributed by atoms with Gasteiger partial charge in [0.05, 0.1) is 10.9 Å². The van der Waals surface area contributed by atoms with E-state index in [4.69, 9.17) is 58.0 Å². The van der Waals surface area contributed by atoms with Crippen LogP contribution in [0.4, 0.5) is 14.5 Å². The first-order valence-electron chi connectivity index (χ1n) is 9.72. The number of rotatable bonds is 6. The second-order valence-corrected chi connectivity index (χ2v) is 11.0. The van der Waals surface area contributed by atoms with Crippen LogP contribution in [0, 0.1) is 11.8 Å². The van der Waals surface area contributed by atoms with Gasteiger partial charge in [0.25, 0.3) is 0 Å². The van der Waals surface area contributed by atoms with Crippen LogP contribution in [0.1, 0.15) is 41.1 Å². The van der Waals surface area contributed by atoms with E-state index in [-0.39, 0.29) is 41.5 Å². The molecule has 0 aromatic heterocycles. The van der Waals surface area contributed by atoms with E-state index in [1.807, 2.05) is 0 Å². The van der Waals surface area contributed by atoms with Gasteiger partial charge >= 0.3 is 0 Å². The molecule has 2 aromatic carbocycles. The average Bonchev–Trinajstić information content (AvgIpc) is 3.23. The van der Waals surface area contributed by atoms with Crippen LogP contribution in [0.25, 0.3) is 0 Å². The molecule has 2 fully saturated rings. The first-order chi connectivity index (χ1) is 14.9. The van der Waals surface area contributed by atoms with Crippen molar-refractivity contribution in [3.63, 3.8) is 0 Å². The van der Waals surface area contributed by atoms with Gasteiger partial charge in [-0.1, -0.05) is 34.8 Å². The van der Waals surface area contributed by atoms with Gasteiger partial charge in [0.2, 0.25) is 11.8 Å². The van der Waals surface area contributed by atoms with Crippen molar-refractivity contribution in [1.82, 2.24) is 0 Å². The number of alkyl halides is 4. The van der Waals surface area contributed by atoms with Crippen LogP contribution >= 0.6 is 58.0 Å². The summed E-state index contributed by atoms with van der Waals surface area (Å²) in [6, 6.07) is 9.28. The number of hydrogen-bond donors (Lipinski definition) is 1. The van der Waals surface area contributed by atoms with Crippen molar-refractivity contribution in [2.24, 2.45) is 11.8 Å². The van der Waals surface area contributed by atoms with Gasteiger partial charge < -0.3 is 5.32 Å². The Bertz CT molecular complexity index is 1080. The van der Waals surface area contributed by atoms with Crippen molar-refractivity contribution >= 4 is 75.4 Å². The third-order valence-electron chi connectivity index (χ3n) is 5.76. The Balaban J connectivity index is 1.46. The molecule has 2 aliphatic carbocycles. The lowest BCUT2D eigenvalue weighted by Crippen LogP contribution is -2.36. The van der Waals surface area contributed by atoms with Gasteiger partial charge in [-0.2, -0.15) is 0 Å². The maximum Gasteiger partial charge on any atom is 0.248 e. The zero-order chi connectivity index (χ0) is 23.4. The highest BCUT2D eigenvalue weighted by Crippen LogP contribution is 2.65. The third kappa shape index (κ3) is 4.88. The van der Waals surface area contributed by atoms with Crippen molar-refractivity contribution in [1.29, 1.82) is 0 Å². The molecule has 0 radical (unpaired) electrons. The molecule has 2 atom stereocenters. The number of halogens is 7. The van der Waals surface area contributed by atoms with Crippen LogP contribution in [0.15, 0.2) is 36.4 Å². The van der Waals surface area contributed by atoms with Gasteiger partial charge in [-0.15, -0.1) is 23.2 Å². The summed E-state index contributed by atoms with van der Waals surface area (Å²) < 4.78 is 24.8. The fourth-order valence-corrected chi connectivity index (χ4v) is 5.75. The minimum absolute atomic E-state index is 0.0284. The van der Waals surface area contributed by atoms with E-state index >= 15 is 0 Å². The highest BCUT2D eigenvalue weighted by Gasteiger charge is 2.67. The van der Waals surface area contributed by atoms with E-state index < -0.39 is 28.0 Å². The van der Waals surface area contributed by atoms with Crippen LogP contribution in [-0.4, -0.2) is 21.9 Å². The summed E-state index contributed by atoms with van der Waals surface area (Å²) in [5.74, 6) is -5.17. The number of anilines is 1. The predicted octanol–water partition coefficient (Wildman–Crippen LogP) is 7.79. The Morgan fingerprint density at radius 3 is 2.22 bits per heavy atom. The molecule has 0 unspecified atom stereocenters. The number of carbonyl (C=O) groups excluding carboxylic acids is 2. The Hall–Kier alpha value is -1.11. The molecule has 1 N–H and O–H groups in total. The molecule has 10 heteroatoms. The monoisotopic (exact) mass is 539 g/mol. The summed E-state index contributed by atoms with van der Waals surface area (Å²) in [7, 11) is 0. The molecule has 170 valence electrons. The van der Waals surface area contributed by atoms with Crippen LogP contribution in [0.2, 0.25) is 15.1 Å². The number of ketones is 1. The largest absolute Gasteiger partial charge is 0.326 e. The van der Waals surface area contributed by atoms with E-state index in [0.717, 1.165) is 0 Å². The van der Waals surface area contributed by atoms with Crippen molar-refractivity contribution < 1.29 is 18.4 Å². The molecule has 2 aromatic rings. The van der Waals surface area contributed by atoms with Crippen LogP contribution in [0.3, 0.4) is 0 Å². The molecule has 2 saturated carbocycles. The number of amides is 1. The smallest absolute Gasteiger partial charge is 0.248 e. The molecule has 2 aliphatic rings. The highest BCUT2D eigenvalue weighted by atomic mass is 35.5. The van der Waals surface area contributed by atoms with Gasteiger partial charge in [-0.3, -0.25) is 9.59 Å². The summed E-state index contributed by atoms with van der Waals surface area (Å²) in [5, 5.41) is 3.67. The lowest BCUT2D eigenvalue weighted by atomic mass is 9.77. The minimum Gasteiger partial charge on any atom is -0.326 e. The molecule has 0 aliphatic heterocycles. The predicted molar refractivity (Wildman–Crippen MR) is 124 cm³/mol. The Morgan fingerprint density at radius 1 is 1.00 bits per heavy atom. The molecule has 4 rings (SSSR count). The van der Waals surface area contributed by atoms with E-state index in [0.29, 0.717) is 21.3 Å². The zero-order valence-corrected chi connectivity index (χ0v) is 20.1. The van der Waals surface area contributed by atoms with Crippen molar-refractivity contribution in [3.05, 3.63) is 62.6 Å². The fourth-order valence-electron chi connectivity index (χ4n) is 4.16. The normalized spacial score (nSPS) is 23.3. The molecule has 0 bridgehead atoms. The van der Waals surface area contributed by atoms with Gasteiger partial charge in [-0.05, 0) is 47.9 Å². The average molecular weight is 542 g/mol. The van der Waals surface area contributed by atoms with Crippen molar-refractivity contribution in [2.45, 2.75) is 35.4 Å². The molecule has 0 saturated heterocycles. The van der Waals surface area contributed by atoms with Crippen LogP contribution < -0.4 is 5.32 Å². The maximum absolute atomic E-state index is 13.0. The Kier molecular flexibility index (Phi) is 6.45. The second-order valence-electron chi connectivity index (χ2n) is 8.27. The summed E-state index contributed by atoms with van der Waals surface area (Å²) >= 11 is 30.9. The van der Waals surface area contributed by atoms with Gasteiger partial charge in [0.15, 0.2) is 5.78 Å². The van der Waals surface area contributed by atoms with E-state index in [2.05, 4.69) is 5.32 Å². The van der Waals surface area contributed by atoms with E-state index in [1.54, 1.807) is 18.2 Å². The number of nitrogens with one attached hydrogen (secondary N) is 1. The zero-order valence-electron chi connectivity index (χ0n) is 16.3. The summed E-state index contributed by atoms with van der Waals surface area (Å²) in [4.78, 5) is 25.4. The molecule has 0 heterocycles. The van der Waals surface area contributed by atoms with Gasteiger partial charge in [0, 0.05) is 46.5 Å². The topological polar surface area (TPSA) is 46.2 Å². The standard InChI is InChI=1S/C22H16Cl5F2NO2/c23-12-4-11(5-13(24)6-12)18-19(22(18,26)27)20(32)30-14-1-2-16(25)15(7-14)17(31)3-10-8-21(28,29)9-10/h1-2,4-7,10,18-19H,3,8-9H2,(H,30,32)/t18-,19+/m1/s1.